The topological polar surface area (TPSA) is 72.8 Å². The molecule has 1 rings (SSSR count). The minimum Gasteiger partial charge on any atom is -0.465 e. The summed E-state index contributed by atoms with van der Waals surface area (Å²) in [5.74, 6) is 0. The van der Waals surface area contributed by atoms with Crippen LogP contribution in [0.5, 0.6) is 0 Å². The quantitative estimate of drug-likeness (QED) is 0.492. The molecule has 0 aliphatic carbocycles. The Labute approximate surface area is 71.0 Å². The Bertz CT molecular complexity index is 174. The first kappa shape index (κ1) is 9.28. The number of carboxylic acid groups (broad SMARTS) is 1. The molecular weight excluding hydrogens is 160 g/mol. The number of hydrogen-bond acceptors (Lipinski definition) is 3. The van der Waals surface area contributed by atoms with Gasteiger partial charge in [-0.3, -0.25) is 0 Å². The summed E-state index contributed by atoms with van der Waals surface area (Å²) >= 11 is 0. The monoisotopic (exact) mass is 174 g/mol. The van der Waals surface area contributed by atoms with E-state index in [0.717, 1.165) is 0 Å². The van der Waals surface area contributed by atoms with Gasteiger partial charge in [-0.2, -0.15) is 0 Å². The molecule has 3 N–H and O–H groups in total. The van der Waals surface area contributed by atoms with Crippen molar-refractivity contribution < 1.29 is 15.0 Å². The molecule has 5 nitrogen and oxygen atoms in total. The van der Waals surface area contributed by atoms with Crippen LogP contribution in [0.25, 0.3) is 0 Å². The normalized spacial score (nSPS) is 30.3. The van der Waals surface area contributed by atoms with Crippen LogP contribution < -0.4 is 5.32 Å². The van der Waals surface area contributed by atoms with Gasteiger partial charge < -0.3 is 20.4 Å². The Morgan fingerprint density at radius 3 is 2.92 bits per heavy atom. The molecule has 1 aliphatic heterocycles. The molecule has 12 heavy (non-hydrogen) atoms. The summed E-state index contributed by atoms with van der Waals surface area (Å²) in [6.45, 7) is 2.88. The summed E-state index contributed by atoms with van der Waals surface area (Å²) < 4.78 is 0. The molecule has 70 valence electrons. The van der Waals surface area contributed by atoms with E-state index in [-0.39, 0.29) is 18.7 Å². The second kappa shape index (κ2) is 3.73. The molecule has 1 aliphatic rings. The van der Waals surface area contributed by atoms with E-state index < -0.39 is 6.09 Å². The van der Waals surface area contributed by atoms with E-state index in [1.807, 2.05) is 0 Å². The molecule has 2 unspecified atom stereocenters. The number of amides is 1. The van der Waals surface area contributed by atoms with Crippen molar-refractivity contribution in [3.05, 3.63) is 0 Å². The Morgan fingerprint density at radius 2 is 2.42 bits per heavy atom. The zero-order valence-electron chi connectivity index (χ0n) is 7.03. The predicted molar refractivity (Wildman–Crippen MR) is 43.1 cm³/mol. The largest absolute Gasteiger partial charge is 0.465 e. The molecule has 5 heteroatoms. The molecular formula is C7H14N2O3. The lowest BCUT2D eigenvalue weighted by Gasteiger charge is -2.37. The van der Waals surface area contributed by atoms with Crippen molar-refractivity contribution in [2.45, 2.75) is 19.0 Å². The Balaban J connectivity index is 2.59. The van der Waals surface area contributed by atoms with E-state index >= 15 is 0 Å². The third kappa shape index (κ3) is 1.67. The van der Waals surface area contributed by atoms with E-state index in [1.54, 1.807) is 6.92 Å². The number of hydrogen-bond donors (Lipinski definition) is 3. The van der Waals surface area contributed by atoms with E-state index in [0.29, 0.717) is 13.1 Å². The molecule has 1 saturated heterocycles. The van der Waals surface area contributed by atoms with Gasteiger partial charge in [0.2, 0.25) is 0 Å². The van der Waals surface area contributed by atoms with Gasteiger partial charge in [0.25, 0.3) is 0 Å². The Hall–Kier alpha value is -0.810. The van der Waals surface area contributed by atoms with Crippen molar-refractivity contribution >= 4 is 6.09 Å². The van der Waals surface area contributed by atoms with Crippen molar-refractivity contribution in [3.8, 4) is 0 Å². The van der Waals surface area contributed by atoms with E-state index in [1.165, 1.54) is 4.90 Å². The highest BCUT2D eigenvalue weighted by Gasteiger charge is 2.29. The first-order valence-corrected chi connectivity index (χ1v) is 4.00. The highest BCUT2D eigenvalue weighted by Crippen LogP contribution is 2.08. The zero-order chi connectivity index (χ0) is 9.14. The van der Waals surface area contributed by atoms with Gasteiger partial charge in [-0.25, -0.2) is 4.79 Å². The minimum atomic E-state index is -0.914. The van der Waals surface area contributed by atoms with Crippen LogP contribution in [0.1, 0.15) is 6.92 Å². The van der Waals surface area contributed by atoms with Gasteiger partial charge >= 0.3 is 6.09 Å². The van der Waals surface area contributed by atoms with Crippen LogP contribution in [0.15, 0.2) is 0 Å². The third-order valence-corrected chi connectivity index (χ3v) is 2.28. The van der Waals surface area contributed by atoms with Crippen LogP contribution >= 0.6 is 0 Å². The molecule has 0 saturated carbocycles. The van der Waals surface area contributed by atoms with Crippen LogP contribution in [0.4, 0.5) is 4.79 Å². The molecule has 1 fully saturated rings. The number of carbonyl (C=O) groups is 1. The maximum atomic E-state index is 10.6. The molecule has 0 aromatic rings. The number of nitrogens with zero attached hydrogens (tertiary/aromatic N) is 1. The summed E-state index contributed by atoms with van der Waals surface area (Å²) in [5.41, 5.74) is 0. The number of rotatable bonds is 1. The van der Waals surface area contributed by atoms with Gasteiger partial charge in [0.15, 0.2) is 0 Å². The lowest BCUT2D eigenvalue weighted by Crippen LogP contribution is -2.59. The lowest BCUT2D eigenvalue weighted by atomic mass is 10.1. The Morgan fingerprint density at radius 1 is 1.75 bits per heavy atom. The molecule has 0 spiro atoms. The number of nitrogens with one attached hydrogen (secondary N) is 1. The number of piperazine rings is 1. The van der Waals surface area contributed by atoms with Crippen LogP contribution in [0.3, 0.4) is 0 Å². The predicted octanol–water partition coefficient (Wildman–Crippen LogP) is -0.681. The van der Waals surface area contributed by atoms with Gasteiger partial charge in [0.05, 0.1) is 12.6 Å². The zero-order valence-corrected chi connectivity index (χ0v) is 7.03. The first-order valence-electron chi connectivity index (χ1n) is 4.00. The fourth-order valence-corrected chi connectivity index (χ4v) is 1.45. The summed E-state index contributed by atoms with van der Waals surface area (Å²) in [7, 11) is 0. The third-order valence-electron chi connectivity index (χ3n) is 2.28. The average molecular weight is 174 g/mol. The standard InChI is InChI=1S/C7H14N2O3/c1-5-6(4-10)8-2-3-9(5)7(11)12/h5-6,8,10H,2-4H2,1H3,(H,11,12). The van der Waals surface area contributed by atoms with E-state index in [9.17, 15) is 4.79 Å². The van der Waals surface area contributed by atoms with Crippen molar-refractivity contribution in [3.63, 3.8) is 0 Å². The van der Waals surface area contributed by atoms with Gasteiger partial charge in [-0.15, -0.1) is 0 Å². The molecule has 0 bridgehead atoms. The van der Waals surface area contributed by atoms with Gasteiger partial charge in [0, 0.05) is 19.1 Å². The minimum absolute atomic E-state index is 0.0229. The highest BCUT2D eigenvalue weighted by atomic mass is 16.4. The van der Waals surface area contributed by atoms with Gasteiger partial charge in [0.1, 0.15) is 0 Å². The van der Waals surface area contributed by atoms with Crippen molar-refractivity contribution in [2.75, 3.05) is 19.7 Å². The van der Waals surface area contributed by atoms with Crippen molar-refractivity contribution in [1.29, 1.82) is 0 Å². The van der Waals surface area contributed by atoms with Crippen LogP contribution in [-0.4, -0.2) is 53.0 Å². The summed E-state index contributed by atoms with van der Waals surface area (Å²) in [6.07, 6.45) is -0.914. The Kier molecular flexibility index (Phi) is 2.88. The maximum Gasteiger partial charge on any atom is 0.407 e. The summed E-state index contributed by atoms with van der Waals surface area (Å²) in [5, 5.41) is 20.7. The lowest BCUT2D eigenvalue weighted by molar-refractivity contribution is 0.0819. The van der Waals surface area contributed by atoms with Crippen molar-refractivity contribution in [2.24, 2.45) is 0 Å². The van der Waals surface area contributed by atoms with Crippen LogP contribution in [0.2, 0.25) is 0 Å². The van der Waals surface area contributed by atoms with Crippen LogP contribution in [-0.2, 0) is 0 Å². The summed E-state index contributed by atoms with van der Waals surface area (Å²) in [6, 6.07) is -0.281. The molecule has 0 aromatic heterocycles. The molecule has 0 aromatic carbocycles. The molecule has 0 radical (unpaired) electrons. The first-order chi connectivity index (χ1) is 5.66. The second-order valence-corrected chi connectivity index (χ2v) is 2.96. The number of aliphatic hydroxyl groups excluding tert-OH is 1. The average Bonchev–Trinajstić information content (AvgIpc) is 2.04. The highest BCUT2D eigenvalue weighted by molar-refractivity contribution is 5.65. The van der Waals surface area contributed by atoms with E-state index in [2.05, 4.69) is 5.32 Å². The molecule has 1 heterocycles. The fourth-order valence-electron chi connectivity index (χ4n) is 1.45. The van der Waals surface area contributed by atoms with Gasteiger partial charge in [-0.1, -0.05) is 0 Å². The number of aliphatic hydroxyl groups is 1. The molecule has 2 atom stereocenters. The second-order valence-electron chi connectivity index (χ2n) is 2.96. The summed E-state index contributed by atoms with van der Waals surface area (Å²) in [4.78, 5) is 12.0. The van der Waals surface area contributed by atoms with Crippen molar-refractivity contribution in [1.82, 2.24) is 10.2 Å². The smallest absolute Gasteiger partial charge is 0.407 e. The fraction of sp³-hybridized carbons (Fsp3) is 0.857. The SMILES string of the molecule is CC1C(CO)NCCN1C(=O)O. The van der Waals surface area contributed by atoms with Crippen LogP contribution in [0, 0.1) is 0 Å². The van der Waals surface area contributed by atoms with E-state index in [4.69, 9.17) is 10.2 Å². The van der Waals surface area contributed by atoms with Gasteiger partial charge in [-0.05, 0) is 6.92 Å². The molecule has 1 amide bonds. The maximum absolute atomic E-state index is 10.6.